The van der Waals surface area contributed by atoms with Crippen molar-refractivity contribution in [2.24, 2.45) is 5.73 Å². The first kappa shape index (κ1) is 15.6. The highest BCUT2D eigenvalue weighted by Crippen LogP contribution is 2.10. The maximum Gasteiger partial charge on any atom is 0.345 e. The molecule has 0 heterocycles. The number of nitrogens with one attached hydrogen (secondary N) is 1. The van der Waals surface area contributed by atoms with Crippen LogP contribution in [0.4, 0.5) is 5.69 Å². The maximum absolute atomic E-state index is 11.7. The lowest BCUT2D eigenvalue weighted by Gasteiger charge is -2.09. The average molecular weight is 280 g/mol. The molecule has 0 bridgehead atoms. The Labute approximate surface area is 115 Å². The minimum Gasteiger partial charge on any atom is -0.481 e. The number of anilines is 1. The zero-order valence-electron chi connectivity index (χ0n) is 11.0. The van der Waals surface area contributed by atoms with Gasteiger partial charge in [0.1, 0.15) is 6.04 Å². The monoisotopic (exact) mass is 280 g/mol. The summed E-state index contributed by atoms with van der Waals surface area (Å²) in [6.45, 7) is 0. The van der Waals surface area contributed by atoms with Crippen LogP contribution in [0.25, 0.3) is 0 Å². The summed E-state index contributed by atoms with van der Waals surface area (Å²) in [5.74, 6) is -2.82. The Morgan fingerprint density at radius 1 is 1.30 bits per heavy atom. The first-order chi connectivity index (χ1) is 9.43. The molecule has 0 spiro atoms. The number of aliphatic carboxylic acids is 1. The number of ether oxygens (including phenoxy) is 1. The van der Waals surface area contributed by atoms with E-state index in [1.54, 1.807) is 19.2 Å². The van der Waals surface area contributed by atoms with E-state index < -0.39 is 23.9 Å². The fraction of sp³-hybridized carbons (Fsp3) is 0.308. The Balaban J connectivity index is 2.55. The van der Waals surface area contributed by atoms with Crippen molar-refractivity contribution in [1.82, 2.24) is 0 Å². The Bertz CT molecular complexity index is 498. The molecule has 1 aromatic rings. The van der Waals surface area contributed by atoms with Crippen molar-refractivity contribution in [1.29, 1.82) is 0 Å². The lowest BCUT2D eigenvalue weighted by atomic mass is 10.1. The number of rotatable bonds is 6. The fourth-order valence-electron chi connectivity index (χ4n) is 1.40. The van der Waals surface area contributed by atoms with Gasteiger partial charge in [-0.25, -0.2) is 9.59 Å². The van der Waals surface area contributed by atoms with E-state index in [0.29, 0.717) is 0 Å². The van der Waals surface area contributed by atoms with Crippen LogP contribution in [0.2, 0.25) is 0 Å². The van der Waals surface area contributed by atoms with Crippen molar-refractivity contribution in [2.45, 2.75) is 18.9 Å². The second kappa shape index (κ2) is 7.25. The summed E-state index contributed by atoms with van der Waals surface area (Å²) in [6, 6.07) is 5.19. The van der Waals surface area contributed by atoms with Gasteiger partial charge < -0.3 is 20.9 Å². The molecule has 0 saturated carbocycles. The summed E-state index contributed by atoms with van der Waals surface area (Å²) in [5.41, 5.74) is 6.46. The molecule has 4 N–H and O–H groups in total. The van der Waals surface area contributed by atoms with Crippen LogP contribution in [-0.2, 0) is 14.3 Å². The Hall–Kier alpha value is -2.41. The third-order valence-corrected chi connectivity index (χ3v) is 2.57. The van der Waals surface area contributed by atoms with E-state index in [2.05, 4.69) is 10.1 Å². The molecular weight excluding hydrogens is 264 g/mol. The van der Waals surface area contributed by atoms with E-state index in [1.807, 2.05) is 0 Å². The summed E-state index contributed by atoms with van der Waals surface area (Å²) in [4.78, 5) is 33.5. The van der Waals surface area contributed by atoms with Crippen LogP contribution >= 0.6 is 0 Å². The largest absolute Gasteiger partial charge is 0.481 e. The molecule has 1 atom stereocenters. The topological polar surface area (TPSA) is 119 Å². The molecule has 1 aromatic carbocycles. The number of benzene rings is 1. The van der Waals surface area contributed by atoms with Gasteiger partial charge in [-0.15, -0.1) is 0 Å². The molecule has 0 unspecified atom stereocenters. The molecule has 108 valence electrons. The quantitative estimate of drug-likeness (QED) is 0.515. The highest BCUT2D eigenvalue weighted by molar-refractivity contribution is 5.98. The summed E-state index contributed by atoms with van der Waals surface area (Å²) in [5, 5.41) is 11.4. The van der Waals surface area contributed by atoms with Crippen molar-refractivity contribution in [2.75, 3.05) is 12.4 Å². The van der Waals surface area contributed by atoms with Gasteiger partial charge in [-0.05, 0) is 30.7 Å². The lowest BCUT2D eigenvalue weighted by Crippen LogP contribution is -2.34. The zero-order valence-corrected chi connectivity index (χ0v) is 11.0. The molecule has 7 nitrogen and oxygen atoms in total. The molecule has 0 fully saturated rings. The van der Waals surface area contributed by atoms with E-state index in [0.717, 1.165) is 5.69 Å². The second-order valence-corrected chi connectivity index (χ2v) is 4.07. The van der Waals surface area contributed by atoms with E-state index in [-0.39, 0.29) is 18.4 Å². The number of carbonyl (C=O) groups excluding carboxylic acids is 2. The van der Waals surface area contributed by atoms with Crippen molar-refractivity contribution < 1.29 is 24.2 Å². The molecule has 0 aliphatic carbocycles. The van der Waals surface area contributed by atoms with E-state index in [1.165, 1.54) is 12.1 Å². The molecule has 20 heavy (non-hydrogen) atoms. The summed E-state index contributed by atoms with van der Waals surface area (Å²) in [6.07, 6.45) is -0.346. The van der Waals surface area contributed by atoms with E-state index >= 15 is 0 Å². The molecule has 0 aliphatic rings. The number of hydrogen-bond acceptors (Lipinski definition) is 6. The number of nitrogens with two attached hydrogens (primary N) is 1. The van der Waals surface area contributed by atoms with Crippen LogP contribution in [0, 0.1) is 0 Å². The molecule has 1 rings (SSSR count). The minimum absolute atomic E-state index is 0.0832. The Kier molecular flexibility index (Phi) is 5.67. The first-order valence-corrected chi connectivity index (χ1v) is 5.95. The number of hydrogen-bond donors (Lipinski definition) is 3. The van der Waals surface area contributed by atoms with E-state index in [9.17, 15) is 14.4 Å². The fourth-order valence-corrected chi connectivity index (χ4v) is 1.40. The normalized spacial score (nSPS) is 11.5. The Morgan fingerprint density at radius 3 is 2.40 bits per heavy atom. The van der Waals surface area contributed by atoms with Crippen molar-refractivity contribution in [3.05, 3.63) is 29.8 Å². The number of carboxylic acid groups (broad SMARTS) is 1. The zero-order chi connectivity index (χ0) is 15.1. The maximum atomic E-state index is 11.7. The van der Waals surface area contributed by atoms with Crippen molar-refractivity contribution in [3.8, 4) is 0 Å². The number of carbonyl (C=O) groups is 3. The van der Waals surface area contributed by atoms with Crippen LogP contribution in [0.3, 0.4) is 0 Å². The standard InChI is InChI=1S/C13H16N2O5/c1-15-9-4-2-8(3-5-9)12(18)20-13(19)10(14)6-7-11(16)17/h2-5,10,15H,6-7,14H2,1H3,(H,16,17)/t10-/m0/s1. The van der Waals surface area contributed by atoms with Gasteiger partial charge in [0.2, 0.25) is 0 Å². The number of carboxylic acids is 1. The summed E-state index contributed by atoms with van der Waals surface area (Å²) < 4.78 is 4.59. The third-order valence-electron chi connectivity index (χ3n) is 2.57. The van der Waals surface area contributed by atoms with Crippen molar-refractivity contribution in [3.63, 3.8) is 0 Å². The highest BCUT2D eigenvalue weighted by Gasteiger charge is 2.20. The molecule has 7 heteroatoms. The lowest BCUT2D eigenvalue weighted by molar-refractivity contribution is -0.140. The highest BCUT2D eigenvalue weighted by atomic mass is 16.6. The van der Waals surface area contributed by atoms with Gasteiger partial charge in [-0.2, -0.15) is 0 Å². The van der Waals surface area contributed by atoms with Crippen LogP contribution in [-0.4, -0.2) is 36.1 Å². The van der Waals surface area contributed by atoms with Gasteiger partial charge in [-0.3, -0.25) is 4.79 Å². The van der Waals surface area contributed by atoms with Crippen LogP contribution in [0.15, 0.2) is 24.3 Å². The smallest absolute Gasteiger partial charge is 0.345 e. The van der Waals surface area contributed by atoms with Gasteiger partial charge in [0.15, 0.2) is 0 Å². The molecule has 0 amide bonds. The summed E-state index contributed by atoms with van der Waals surface area (Å²) >= 11 is 0. The molecular formula is C13H16N2O5. The minimum atomic E-state index is -1.13. The van der Waals surface area contributed by atoms with Gasteiger partial charge in [0.25, 0.3) is 0 Å². The third kappa shape index (κ3) is 4.69. The van der Waals surface area contributed by atoms with Crippen molar-refractivity contribution >= 4 is 23.6 Å². The predicted molar refractivity (Wildman–Crippen MR) is 71.3 cm³/mol. The predicted octanol–water partition coefficient (Wildman–Crippen LogP) is 0.604. The Morgan fingerprint density at radius 2 is 1.90 bits per heavy atom. The average Bonchev–Trinajstić information content (AvgIpc) is 2.44. The first-order valence-electron chi connectivity index (χ1n) is 5.95. The molecule has 0 radical (unpaired) electrons. The van der Waals surface area contributed by atoms with Gasteiger partial charge >= 0.3 is 17.9 Å². The second-order valence-electron chi connectivity index (χ2n) is 4.07. The van der Waals surface area contributed by atoms with Crippen LogP contribution < -0.4 is 11.1 Å². The van der Waals surface area contributed by atoms with Crippen LogP contribution in [0.5, 0.6) is 0 Å². The molecule has 0 saturated heterocycles. The van der Waals surface area contributed by atoms with Gasteiger partial charge in [-0.1, -0.05) is 0 Å². The van der Waals surface area contributed by atoms with Crippen LogP contribution in [0.1, 0.15) is 23.2 Å². The van der Waals surface area contributed by atoms with Gasteiger partial charge in [0, 0.05) is 19.2 Å². The van der Waals surface area contributed by atoms with E-state index in [4.69, 9.17) is 10.8 Å². The summed E-state index contributed by atoms with van der Waals surface area (Å²) in [7, 11) is 1.73. The molecule has 0 aromatic heterocycles. The SMILES string of the molecule is CNc1ccc(C(=O)OC(=O)[C@@H](N)CCC(=O)O)cc1. The number of esters is 2. The molecule has 0 aliphatic heterocycles. The van der Waals surface area contributed by atoms with Gasteiger partial charge in [0.05, 0.1) is 5.56 Å².